The first-order chi connectivity index (χ1) is 9.72. The zero-order valence-electron chi connectivity index (χ0n) is 11.2. The highest BCUT2D eigenvalue weighted by Crippen LogP contribution is 2.24. The predicted molar refractivity (Wildman–Crippen MR) is 81.4 cm³/mol. The van der Waals surface area contributed by atoms with Crippen LogP contribution in [0.25, 0.3) is 10.7 Å². The molecule has 1 aromatic carbocycles. The van der Waals surface area contributed by atoms with Crippen LogP contribution in [-0.2, 0) is 13.5 Å². The number of rotatable bonds is 4. The van der Waals surface area contributed by atoms with E-state index in [9.17, 15) is 0 Å². The molecule has 0 amide bonds. The Morgan fingerprint density at radius 3 is 2.75 bits per heavy atom. The van der Waals surface area contributed by atoms with Crippen LogP contribution in [0.1, 0.15) is 17.3 Å². The lowest BCUT2D eigenvalue weighted by Crippen LogP contribution is -2.13. The number of aromatic nitrogens is 3. The van der Waals surface area contributed by atoms with E-state index in [0.29, 0.717) is 0 Å². The number of benzene rings is 1. The summed E-state index contributed by atoms with van der Waals surface area (Å²) in [6, 6.07) is 12.1. The van der Waals surface area contributed by atoms with Crippen molar-refractivity contribution < 1.29 is 0 Å². The molecule has 0 bridgehead atoms. The Balaban J connectivity index is 1.74. The fraction of sp³-hybridized carbons (Fsp3) is 0.200. The third-order valence-corrected chi connectivity index (χ3v) is 4.05. The normalized spacial score (nSPS) is 12.5. The van der Waals surface area contributed by atoms with Crippen molar-refractivity contribution >= 4 is 11.3 Å². The van der Waals surface area contributed by atoms with Crippen LogP contribution < -0.4 is 5.73 Å². The van der Waals surface area contributed by atoms with Gasteiger partial charge >= 0.3 is 0 Å². The third-order valence-electron chi connectivity index (χ3n) is 3.14. The Kier molecular flexibility index (Phi) is 3.62. The van der Waals surface area contributed by atoms with E-state index < -0.39 is 0 Å². The molecule has 3 aromatic rings. The summed E-state index contributed by atoms with van der Waals surface area (Å²) in [7, 11) is 1.91. The molecule has 20 heavy (non-hydrogen) atoms. The number of hydrogen-bond donors (Lipinski definition) is 1. The monoisotopic (exact) mass is 284 g/mol. The Hall–Kier alpha value is -1.98. The number of thiazole rings is 1. The minimum atomic E-state index is -0.0186. The molecular formula is C15H16N4S. The molecule has 0 aliphatic rings. The lowest BCUT2D eigenvalue weighted by atomic mass is 10.0. The van der Waals surface area contributed by atoms with Gasteiger partial charge in [-0.15, -0.1) is 11.3 Å². The van der Waals surface area contributed by atoms with Crippen molar-refractivity contribution in [1.82, 2.24) is 14.8 Å². The zero-order chi connectivity index (χ0) is 13.9. The van der Waals surface area contributed by atoms with Gasteiger partial charge in [0.1, 0.15) is 10.7 Å². The molecule has 0 spiro atoms. The number of nitrogens with two attached hydrogens (primary N) is 1. The summed E-state index contributed by atoms with van der Waals surface area (Å²) in [6.07, 6.45) is 2.67. The predicted octanol–water partition coefficient (Wildman–Crippen LogP) is 2.79. The summed E-state index contributed by atoms with van der Waals surface area (Å²) >= 11 is 1.61. The molecule has 5 heteroatoms. The van der Waals surface area contributed by atoms with Crippen LogP contribution in [0.2, 0.25) is 0 Å². The maximum atomic E-state index is 6.22. The highest BCUT2D eigenvalue weighted by molar-refractivity contribution is 7.13. The molecule has 0 radical (unpaired) electrons. The quantitative estimate of drug-likeness (QED) is 0.801. The Morgan fingerprint density at radius 2 is 2.05 bits per heavy atom. The van der Waals surface area contributed by atoms with Gasteiger partial charge in [-0.1, -0.05) is 30.3 Å². The van der Waals surface area contributed by atoms with Gasteiger partial charge in [-0.05, 0) is 11.6 Å². The molecule has 0 fully saturated rings. The zero-order valence-corrected chi connectivity index (χ0v) is 12.0. The molecule has 2 N–H and O–H groups in total. The van der Waals surface area contributed by atoms with Gasteiger partial charge in [-0.25, -0.2) is 4.98 Å². The third kappa shape index (κ3) is 2.79. The van der Waals surface area contributed by atoms with E-state index in [1.807, 2.05) is 37.5 Å². The first kappa shape index (κ1) is 13.0. The van der Waals surface area contributed by atoms with Crippen molar-refractivity contribution in [2.45, 2.75) is 12.5 Å². The minimum Gasteiger partial charge on any atom is -0.324 e. The Bertz CT molecular complexity index is 687. The summed E-state index contributed by atoms with van der Waals surface area (Å²) in [5.74, 6) is 0. The van der Waals surface area contributed by atoms with Crippen molar-refractivity contribution in [3.05, 3.63) is 59.2 Å². The highest BCUT2D eigenvalue weighted by atomic mass is 32.1. The average molecular weight is 284 g/mol. The second kappa shape index (κ2) is 5.56. The van der Waals surface area contributed by atoms with Crippen LogP contribution in [0, 0.1) is 0 Å². The highest BCUT2D eigenvalue weighted by Gasteiger charge is 2.11. The molecule has 0 saturated heterocycles. The van der Waals surface area contributed by atoms with E-state index in [1.165, 1.54) is 0 Å². The van der Waals surface area contributed by atoms with Gasteiger partial charge in [0.15, 0.2) is 0 Å². The molecule has 2 aromatic heterocycles. The maximum Gasteiger partial charge on any atom is 0.143 e. The Morgan fingerprint density at radius 1 is 1.25 bits per heavy atom. The van der Waals surface area contributed by atoms with Crippen molar-refractivity contribution in [3.63, 3.8) is 0 Å². The van der Waals surface area contributed by atoms with Gasteiger partial charge in [-0.3, -0.25) is 4.68 Å². The summed E-state index contributed by atoms with van der Waals surface area (Å²) in [4.78, 5) is 4.62. The SMILES string of the molecule is Cn1ccc(-c2nc(CC(N)c3ccccc3)cs2)n1. The lowest BCUT2D eigenvalue weighted by molar-refractivity contribution is 0.710. The lowest BCUT2D eigenvalue weighted by Gasteiger charge is -2.09. The van der Waals surface area contributed by atoms with Crippen molar-refractivity contribution in [2.75, 3.05) is 0 Å². The van der Waals surface area contributed by atoms with E-state index >= 15 is 0 Å². The fourth-order valence-corrected chi connectivity index (χ4v) is 2.89. The number of aryl methyl sites for hydroxylation is 1. The first-order valence-corrected chi connectivity index (χ1v) is 7.35. The van der Waals surface area contributed by atoms with Crippen LogP contribution in [0.15, 0.2) is 48.0 Å². The average Bonchev–Trinajstić information content (AvgIpc) is 3.09. The topological polar surface area (TPSA) is 56.7 Å². The summed E-state index contributed by atoms with van der Waals surface area (Å²) in [5.41, 5.74) is 9.30. The molecule has 4 nitrogen and oxygen atoms in total. The van der Waals surface area contributed by atoms with Crippen molar-refractivity contribution in [1.29, 1.82) is 0 Å². The fourth-order valence-electron chi connectivity index (χ4n) is 2.09. The van der Waals surface area contributed by atoms with E-state index in [0.717, 1.165) is 28.4 Å². The van der Waals surface area contributed by atoms with Gasteiger partial charge in [0.25, 0.3) is 0 Å². The van der Waals surface area contributed by atoms with Gasteiger partial charge in [-0.2, -0.15) is 5.10 Å². The second-order valence-electron chi connectivity index (χ2n) is 4.74. The van der Waals surface area contributed by atoms with Gasteiger partial charge in [0, 0.05) is 31.1 Å². The maximum absolute atomic E-state index is 6.22. The van der Waals surface area contributed by atoms with Crippen molar-refractivity contribution in [3.8, 4) is 10.7 Å². The van der Waals surface area contributed by atoms with Crippen LogP contribution in [0.3, 0.4) is 0 Å². The van der Waals surface area contributed by atoms with Crippen LogP contribution >= 0.6 is 11.3 Å². The molecule has 0 aliphatic heterocycles. The second-order valence-corrected chi connectivity index (χ2v) is 5.60. The van der Waals surface area contributed by atoms with Crippen LogP contribution in [-0.4, -0.2) is 14.8 Å². The molecule has 1 unspecified atom stereocenters. The van der Waals surface area contributed by atoms with Crippen LogP contribution in [0.5, 0.6) is 0 Å². The molecule has 3 rings (SSSR count). The van der Waals surface area contributed by atoms with E-state index in [2.05, 4.69) is 27.6 Å². The summed E-state index contributed by atoms with van der Waals surface area (Å²) in [5, 5.41) is 7.37. The Labute approximate surface area is 121 Å². The summed E-state index contributed by atoms with van der Waals surface area (Å²) in [6.45, 7) is 0. The standard InChI is InChI=1S/C15H16N4S/c1-19-8-7-14(18-19)15-17-12(10-20-15)9-13(16)11-5-3-2-4-6-11/h2-8,10,13H,9,16H2,1H3. The molecule has 1 atom stereocenters. The molecule has 0 aliphatic carbocycles. The van der Waals surface area contributed by atoms with E-state index in [4.69, 9.17) is 5.73 Å². The first-order valence-electron chi connectivity index (χ1n) is 6.47. The number of nitrogens with zero attached hydrogens (tertiary/aromatic N) is 3. The van der Waals surface area contributed by atoms with Crippen molar-refractivity contribution in [2.24, 2.45) is 12.8 Å². The van der Waals surface area contributed by atoms with Gasteiger partial charge < -0.3 is 5.73 Å². The molecule has 2 heterocycles. The van der Waals surface area contributed by atoms with Gasteiger partial charge in [0.2, 0.25) is 0 Å². The summed E-state index contributed by atoms with van der Waals surface area (Å²) < 4.78 is 1.78. The van der Waals surface area contributed by atoms with E-state index in [1.54, 1.807) is 16.0 Å². The molecule has 102 valence electrons. The van der Waals surface area contributed by atoms with Crippen LogP contribution in [0.4, 0.5) is 0 Å². The van der Waals surface area contributed by atoms with E-state index in [-0.39, 0.29) is 6.04 Å². The number of hydrogen-bond acceptors (Lipinski definition) is 4. The molecule has 0 saturated carbocycles. The molecular weight excluding hydrogens is 268 g/mol. The van der Waals surface area contributed by atoms with Gasteiger partial charge in [0.05, 0.1) is 5.69 Å². The largest absolute Gasteiger partial charge is 0.324 e. The smallest absolute Gasteiger partial charge is 0.143 e. The minimum absolute atomic E-state index is 0.0186.